The Morgan fingerprint density at radius 3 is 2.40 bits per heavy atom. The van der Waals surface area contributed by atoms with Gasteiger partial charge in [-0.05, 0) is 13.0 Å². The number of nitrogens with zero attached hydrogens (tertiary/aromatic N) is 5. The number of fused-ring (bicyclic) bond motifs is 1. The molecule has 0 aromatic carbocycles. The maximum Gasteiger partial charge on any atom is 0.433 e. The molecule has 30 heavy (non-hydrogen) atoms. The average Bonchev–Trinajstić information content (AvgIpc) is 3.18. The number of rotatable bonds is 5. The highest BCUT2D eigenvalue weighted by atomic mass is 32.2. The van der Waals surface area contributed by atoms with Crippen molar-refractivity contribution in [1.29, 1.82) is 0 Å². The highest BCUT2D eigenvalue weighted by Gasteiger charge is 2.34. The fourth-order valence-corrected chi connectivity index (χ4v) is 4.23. The van der Waals surface area contributed by atoms with Crippen molar-refractivity contribution in [3.63, 3.8) is 0 Å². The third kappa shape index (κ3) is 3.53. The first-order valence-corrected chi connectivity index (χ1v) is 10.5. The quantitative estimate of drug-likeness (QED) is 0.644. The number of carbonyl (C=O) groups excluding carboxylic acids is 1. The minimum atomic E-state index is -4.65. The van der Waals surface area contributed by atoms with Crippen LogP contribution in [0.15, 0.2) is 17.3 Å². The second-order valence-corrected chi connectivity index (χ2v) is 8.66. The van der Waals surface area contributed by atoms with Gasteiger partial charge in [0.2, 0.25) is 0 Å². The largest absolute Gasteiger partial charge is 0.433 e. The van der Waals surface area contributed by atoms with E-state index in [-0.39, 0.29) is 39.2 Å². The molecule has 0 atom stereocenters. The fourth-order valence-electron chi connectivity index (χ4n) is 3.02. The molecule has 9 nitrogen and oxygen atoms in total. The van der Waals surface area contributed by atoms with E-state index in [1.165, 1.54) is 25.6 Å². The number of imidazole rings is 2. The van der Waals surface area contributed by atoms with Crippen LogP contribution in [0.1, 0.15) is 30.2 Å². The molecule has 0 aliphatic carbocycles. The molecule has 0 bridgehead atoms. The standard InChI is InChI=1S/C17H19F3N6O3S/c1-5-21-15(27)14-24-12(16(26(14)4)30(28,29)6-2)13-23-9-7-11(17(18,19)20)22-8-10(9)25(13)3/h7-8H,5-6H2,1-4H3,(H,21,27). The topological polar surface area (TPSA) is 112 Å². The second-order valence-electron chi connectivity index (χ2n) is 6.46. The molecule has 0 aliphatic rings. The van der Waals surface area contributed by atoms with Gasteiger partial charge in [0.05, 0.1) is 23.0 Å². The van der Waals surface area contributed by atoms with E-state index in [4.69, 9.17) is 0 Å². The van der Waals surface area contributed by atoms with E-state index in [1.54, 1.807) is 6.92 Å². The van der Waals surface area contributed by atoms with Gasteiger partial charge in [0.25, 0.3) is 5.91 Å². The van der Waals surface area contributed by atoms with Crippen LogP contribution in [0.4, 0.5) is 13.2 Å². The van der Waals surface area contributed by atoms with Gasteiger partial charge in [-0.1, -0.05) is 6.92 Å². The van der Waals surface area contributed by atoms with E-state index in [0.717, 1.165) is 16.8 Å². The maximum absolute atomic E-state index is 13.0. The molecule has 3 rings (SSSR count). The Morgan fingerprint density at radius 2 is 1.83 bits per heavy atom. The van der Waals surface area contributed by atoms with Crippen LogP contribution in [0.2, 0.25) is 0 Å². The van der Waals surface area contributed by atoms with Gasteiger partial charge in [-0.15, -0.1) is 0 Å². The van der Waals surface area contributed by atoms with Gasteiger partial charge in [0.1, 0.15) is 11.4 Å². The summed E-state index contributed by atoms with van der Waals surface area (Å²) in [6, 6.07) is 0.778. The lowest BCUT2D eigenvalue weighted by molar-refractivity contribution is -0.141. The lowest BCUT2D eigenvalue weighted by atomic mass is 10.3. The number of carbonyl (C=O) groups is 1. The molecule has 0 aliphatic heterocycles. The fraction of sp³-hybridized carbons (Fsp3) is 0.412. The molecule has 1 amide bonds. The summed E-state index contributed by atoms with van der Waals surface area (Å²) in [6.07, 6.45) is -3.64. The number of hydrogen-bond donors (Lipinski definition) is 1. The van der Waals surface area contributed by atoms with Crippen LogP contribution in [0.25, 0.3) is 22.6 Å². The first kappa shape index (κ1) is 21.7. The van der Waals surface area contributed by atoms with Crippen LogP contribution in [0.5, 0.6) is 0 Å². The summed E-state index contributed by atoms with van der Waals surface area (Å²) in [5, 5.41) is 2.31. The van der Waals surface area contributed by atoms with E-state index in [1.807, 2.05) is 0 Å². The first-order valence-electron chi connectivity index (χ1n) is 8.90. The van der Waals surface area contributed by atoms with Gasteiger partial charge >= 0.3 is 6.18 Å². The molecule has 0 radical (unpaired) electrons. The van der Waals surface area contributed by atoms with Crippen molar-refractivity contribution < 1.29 is 26.4 Å². The lowest BCUT2D eigenvalue weighted by Gasteiger charge is -2.07. The molecule has 0 saturated heterocycles. The van der Waals surface area contributed by atoms with Crippen LogP contribution in [0.3, 0.4) is 0 Å². The minimum Gasteiger partial charge on any atom is -0.350 e. The van der Waals surface area contributed by atoms with Crippen molar-refractivity contribution in [1.82, 2.24) is 29.4 Å². The van der Waals surface area contributed by atoms with Gasteiger partial charge in [-0.25, -0.2) is 23.4 Å². The Kier molecular flexibility index (Phi) is 5.35. The molecule has 3 aromatic rings. The van der Waals surface area contributed by atoms with E-state index < -0.39 is 27.6 Å². The number of hydrogen-bond acceptors (Lipinski definition) is 6. The van der Waals surface area contributed by atoms with Gasteiger partial charge in [-0.3, -0.25) is 4.79 Å². The van der Waals surface area contributed by atoms with Crippen molar-refractivity contribution >= 4 is 26.8 Å². The van der Waals surface area contributed by atoms with Crippen LogP contribution < -0.4 is 5.32 Å². The Morgan fingerprint density at radius 1 is 1.17 bits per heavy atom. The molecule has 0 spiro atoms. The molecule has 3 aromatic heterocycles. The predicted molar refractivity (Wildman–Crippen MR) is 101 cm³/mol. The average molecular weight is 444 g/mol. The van der Waals surface area contributed by atoms with Crippen LogP contribution in [-0.4, -0.2) is 50.7 Å². The maximum atomic E-state index is 13.0. The number of aromatic nitrogens is 5. The predicted octanol–water partition coefficient (Wildman–Crippen LogP) is 1.93. The Balaban J connectivity index is 2.31. The Labute approximate surface area is 169 Å². The lowest BCUT2D eigenvalue weighted by Crippen LogP contribution is -2.26. The van der Waals surface area contributed by atoms with E-state index in [0.29, 0.717) is 6.54 Å². The van der Waals surface area contributed by atoms with Crippen LogP contribution >= 0.6 is 0 Å². The first-order chi connectivity index (χ1) is 13.9. The molecule has 1 N–H and O–H groups in total. The van der Waals surface area contributed by atoms with Gasteiger partial charge in [0.15, 0.2) is 26.5 Å². The van der Waals surface area contributed by atoms with E-state index in [9.17, 15) is 26.4 Å². The number of aryl methyl sites for hydroxylation is 1. The van der Waals surface area contributed by atoms with E-state index in [2.05, 4.69) is 20.3 Å². The van der Waals surface area contributed by atoms with E-state index >= 15 is 0 Å². The minimum absolute atomic E-state index is 0.00398. The van der Waals surface area contributed by atoms with Gasteiger partial charge in [-0.2, -0.15) is 13.2 Å². The summed E-state index contributed by atoms with van der Waals surface area (Å²) in [7, 11) is -0.962. The number of amides is 1. The van der Waals surface area contributed by atoms with Crippen molar-refractivity contribution in [2.75, 3.05) is 12.3 Å². The SMILES string of the molecule is CCNC(=O)c1nc(-c2nc3cc(C(F)(F)F)ncc3n2C)c(S(=O)(=O)CC)n1C. The Bertz CT molecular complexity index is 1240. The third-order valence-corrected chi connectivity index (χ3v) is 6.34. The van der Waals surface area contributed by atoms with Gasteiger partial charge in [0, 0.05) is 20.6 Å². The summed E-state index contributed by atoms with van der Waals surface area (Å²) in [4.78, 5) is 24.1. The summed E-state index contributed by atoms with van der Waals surface area (Å²) in [6.45, 7) is 3.43. The Hall–Kier alpha value is -2.96. The molecule has 0 fully saturated rings. The third-order valence-electron chi connectivity index (χ3n) is 4.53. The van der Waals surface area contributed by atoms with Crippen LogP contribution in [0, 0.1) is 0 Å². The molecule has 0 saturated carbocycles. The number of sulfone groups is 1. The van der Waals surface area contributed by atoms with Crippen molar-refractivity contribution in [2.24, 2.45) is 14.1 Å². The normalized spacial score (nSPS) is 12.5. The highest BCUT2D eigenvalue weighted by molar-refractivity contribution is 7.91. The van der Waals surface area contributed by atoms with Gasteiger partial charge < -0.3 is 14.5 Å². The molecule has 0 unspecified atom stereocenters. The smallest absolute Gasteiger partial charge is 0.350 e. The highest BCUT2D eigenvalue weighted by Crippen LogP contribution is 2.33. The zero-order chi connectivity index (χ0) is 22.4. The molecule has 13 heteroatoms. The molecular weight excluding hydrogens is 425 g/mol. The summed E-state index contributed by atoms with van der Waals surface area (Å²) in [5.74, 6) is -0.999. The molecule has 162 valence electrons. The number of nitrogens with one attached hydrogen (secondary N) is 1. The zero-order valence-electron chi connectivity index (χ0n) is 16.6. The van der Waals surface area contributed by atoms with Crippen molar-refractivity contribution in [3.8, 4) is 11.5 Å². The molecular formula is C17H19F3N6O3S. The summed E-state index contributed by atoms with van der Waals surface area (Å²) < 4.78 is 67.0. The number of pyridine rings is 1. The molecule has 3 heterocycles. The summed E-state index contributed by atoms with van der Waals surface area (Å²) in [5.41, 5.74) is -1.01. The zero-order valence-corrected chi connectivity index (χ0v) is 17.4. The number of alkyl halides is 3. The second kappa shape index (κ2) is 7.38. The monoisotopic (exact) mass is 444 g/mol. The van der Waals surface area contributed by atoms with Crippen molar-refractivity contribution in [2.45, 2.75) is 25.0 Å². The van der Waals surface area contributed by atoms with Crippen LogP contribution in [-0.2, 0) is 30.1 Å². The number of halogens is 3. The summed E-state index contributed by atoms with van der Waals surface area (Å²) >= 11 is 0. The van der Waals surface area contributed by atoms with Crippen molar-refractivity contribution in [3.05, 3.63) is 23.8 Å².